The summed E-state index contributed by atoms with van der Waals surface area (Å²) >= 11 is 0.644. The number of hydrogen-bond donors (Lipinski definition) is 1. The first kappa shape index (κ1) is 19.5. The van der Waals surface area contributed by atoms with Crippen LogP contribution in [0.25, 0.3) is 0 Å². The quantitative estimate of drug-likeness (QED) is 0.271. The van der Waals surface area contributed by atoms with E-state index in [4.69, 9.17) is 4.55 Å². The molecular weight excluding hydrogens is 357 g/mol. The van der Waals surface area contributed by atoms with E-state index in [2.05, 4.69) is 14.5 Å². The van der Waals surface area contributed by atoms with Crippen molar-refractivity contribution in [1.29, 1.82) is 0 Å². The minimum atomic E-state index is -4.80. The van der Waals surface area contributed by atoms with Crippen LogP contribution in [0, 0.1) is 0 Å². The molecule has 0 atom stereocenters. The SMILES string of the molecule is CN(C)N=Nc1ccc(C(=O)c2cccc[c]2[Na])c(OS(=O)(=O)O)c1. The Morgan fingerprint density at radius 1 is 1.16 bits per heavy atom. The Morgan fingerprint density at radius 3 is 2.44 bits per heavy atom. The van der Waals surface area contributed by atoms with E-state index in [1.807, 2.05) is 12.1 Å². The van der Waals surface area contributed by atoms with Crippen molar-refractivity contribution in [3.8, 4) is 5.75 Å². The summed E-state index contributed by atoms with van der Waals surface area (Å²) in [5, 5.41) is 9.11. The fourth-order valence-corrected chi connectivity index (χ4v) is 3.01. The third kappa shape index (κ3) is 5.62. The van der Waals surface area contributed by atoms with Crippen LogP contribution < -0.4 is 7.00 Å². The Hall–Kier alpha value is -1.78. The molecule has 0 heterocycles. The second-order valence-corrected chi connectivity index (χ2v) is 7.47. The second kappa shape index (κ2) is 8.07. The van der Waals surface area contributed by atoms with E-state index in [0.717, 1.165) is 2.81 Å². The van der Waals surface area contributed by atoms with Gasteiger partial charge in [0.25, 0.3) is 0 Å². The standard InChI is InChI=1S/C15H14N3O5S.Na/c1-18(2)17-16-12-8-9-13(14(10-12)23-24(20,21)22)15(19)11-6-4-3-5-7-11;/h3-6,8-10H,1-2H3,(H,20,21,22);. The van der Waals surface area contributed by atoms with Crippen LogP contribution in [0.15, 0.2) is 52.8 Å². The molecule has 2 aromatic rings. The van der Waals surface area contributed by atoms with Gasteiger partial charge in [-0.15, -0.1) is 0 Å². The average Bonchev–Trinajstić information content (AvgIpc) is 2.51. The van der Waals surface area contributed by atoms with Crippen LogP contribution in [0.5, 0.6) is 5.75 Å². The van der Waals surface area contributed by atoms with Gasteiger partial charge < -0.3 is 0 Å². The molecular formula is C15H14N3NaO5S. The van der Waals surface area contributed by atoms with Crippen molar-refractivity contribution in [2.75, 3.05) is 14.1 Å². The van der Waals surface area contributed by atoms with Crippen LogP contribution in [0.3, 0.4) is 0 Å². The van der Waals surface area contributed by atoms with Gasteiger partial charge in [0.15, 0.2) is 0 Å². The van der Waals surface area contributed by atoms with Crippen LogP contribution in [0.4, 0.5) is 5.69 Å². The van der Waals surface area contributed by atoms with E-state index >= 15 is 0 Å². The van der Waals surface area contributed by atoms with Gasteiger partial charge >= 0.3 is 163 Å². The first-order chi connectivity index (χ1) is 11.7. The number of rotatable bonds is 6. The van der Waals surface area contributed by atoms with Gasteiger partial charge in [0.2, 0.25) is 0 Å². The van der Waals surface area contributed by atoms with E-state index < -0.39 is 16.2 Å². The summed E-state index contributed by atoms with van der Waals surface area (Å²) in [6, 6.07) is 11.1. The molecule has 2 aromatic carbocycles. The van der Waals surface area contributed by atoms with Crippen molar-refractivity contribution < 1.29 is 21.9 Å². The number of hydrogen-bond acceptors (Lipinski definition) is 6. The van der Waals surface area contributed by atoms with E-state index in [1.165, 1.54) is 23.2 Å². The zero-order valence-electron chi connectivity index (χ0n) is 13.9. The third-order valence-corrected chi connectivity index (χ3v) is 4.40. The molecule has 1 N–H and O–H groups in total. The monoisotopic (exact) mass is 371 g/mol. The molecule has 0 bridgehead atoms. The van der Waals surface area contributed by atoms with Crippen LogP contribution >= 0.6 is 0 Å². The fraction of sp³-hybridized carbons (Fsp3) is 0.133. The molecule has 0 aromatic heterocycles. The number of benzene rings is 2. The molecule has 0 saturated carbocycles. The Kier molecular flexibility index (Phi) is 6.31. The van der Waals surface area contributed by atoms with Crippen LogP contribution in [-0.4, -0.2) is 65.8 Å². The predicted octanol–water partition coefficient (Wildman–Crippen LogP) is 1.45. The number of ketones is 1. The summed E-state index contributed by atoms with van der Waals surface area (Å²) in [7, 11) is -1.47. The molecule has 0 spiro atoms. The minimum absolute atomic E-state index is 0.00438. The predicted molar refractivity (Wildman–Crippen MR) is 92.1 cm³/mol. The number of carbonyl (C=O) groups is 1. The molecule has 2 rings (SSSR count). The normalized spacial score (nSPS) is 11.6. The summed E-state index contributed by atoms with van der Waals surface area (Å²) in [6.45, 7) is 0. The summed E-state index contributed by atoms with van der Waals surface area (Å²) < 4.78 is 36.7. The number of nitrogens with zero attached hydrogens (tertiary/aromatic N) is 3. The average molecular weight is 371 g/mol. The summed E-state index contributed by atoms with van der Waals surface area (Å²) in [4.78, 5) is 12.8. The molecule has 0 saturated heterocycles. The van der Waals surface area contributed by atoms with Gasteiger partial charge in [0.1, 0.15) is 0 Å². The van der Waals surface area contributed by atoms with Gasteiger partial charge in [-0.25, -0.2) is 0 Å². The van der Waals surface area contributed by atoms with Crippen molar-refractivity contribution in [2.24, 2.45) is 10.3 Å². The molecule has 0 aliphatic rings. The molecule has 8 nitrogen and oxygen atoms in total. The van der Waals surface area contributed by atoms with Gasteiger partial charge in [-0.1, -0.05) is 0 Å². The van der Waals surface area contributed by atoms with Gasteiger partial charge in [0, 0.05) is 0 Å². The van der Waals surface area contributed by atoms with Crippen molar-refractivity contribution in [2.45, 2.75) is 0 Å². The van der Waals surface area contributed by atoms with Gasteiger partial charge in [-0.3, -0.25) is 0 Å². The first-order valence-corrected chi connectivity index (χ1v) is 9.54. The van der Waals surface area contributed by atoms with Crippen molar-refractivity contribution in [1.82, 2.24) is 5.01 Å². The van der Waals surface area contributed by atoms with Crippen molar-refractivity contribution in [3.05, 3.63) is 53.6 Å². The van der Waals surface area contributed by atoms with E-state index in [1.54, 1.807) is 26.2 Å². The van der Waals surface area contributed by atoms with E-state index in [9.17, 15) is 13.2 Å². The van der Waals surface area contributed by atoms with Crippen LogP contribution in [0.1, 0.15) is 15.9 Å². The molecule has 10 heteroatoms. The summed E-state index contributed by atoms with van der Waals surface area (Å²) in [5.74, 6) is -0.715. The maximum absolute atomic E-state index is 12.8. The summed E-state index contributed by atoms with van der Waals surface area (Å²) in [5.41, 5.74) is 0.727. The van der Waals surface area contributed by atoms with Gasteiger partial charge in [0.05, 0.1) is 0 Å². The van der Waals surface area contributed by atoms with E-state index in [0.29, 0.717) is 33.5 Å². The Balaban J connectivity index is 2.53. The van der Waals surface area contributed by atoms with Gasteiger partial charge in [-0.05, 0) is 0 Å². The van der Waals surface area contributed by atoms with Crippen molar-refractivity contribution in [3.63, 3.8) is 0 Å². The zero-order valence-corrected chi connectivity index (χ0v) is 16.7. The molecule has 0 unspecified atom stereocenters. The molecule has 0 fully saturated rings. The Labute approximate surface area is 162 Å². The second-order valence-electron chi connectivity index (χ2n) is 5.37. The zero-order chi connectivity index (χ0) is 18.6. The Bertz CT molecular complexity index is 929. The molecule has 0 radical (unpaired) electrons. The van der Waals surface area contributed by atoms with Crippen molar-refractivity contribution >= 4 is 52.6 Å². The summed E-state index contributed by atoms with van der Waals surface area (Å²) in [6.07, 6.45) is 0. The molecule has 0 amide bonds. The Morgan fingerprint density at radius 2 is 1.84 bits per heavy atom. The third-order valence-electron chi connectivity index (χ3n) is 3.13. The van der Waals surface area contributed by atoms with E-state index in [-0.39, 0.29) is 17.0 Å². The fourth-order valence-electron chi connectivity index (χ4n) is 2.06. The first-order valence-electron chi connectivity index (χ1n) is 7.17. The molecule has 0 aliphatic heterocycles. The maximum atomic E-state index is 12.8. The topological polar surface area (TPSA) is 109 Å². The molecule has 25 heavy (non-hydrogen) atoms. The number of carbonyl (C=O) groups excluding carboxylic acids is 1. The molecule has 126 valence electrons. The van der Waals surface area contributed by atoms with Gasteiger partial charge in [-0.2, -0.15) is 0 Å². The molecule has 0 aliphatic carbocycles. The van der Waals surface area contributed by atoms with Crippen LogP contribution in [-0.2, 0) is 10.4 Å². The van der Waals surface area contributed by atoms with Crippen LogP contribution in [0.2, 0.25) is 0 Å².